The Balaban J connectivity index is 2.31. The molecule has 1 aliphatic carbocycles. The standard InChI is InChI=1S/C14H17Br2N/c1-2-17-14(10-5-3-4-6-10)12-8-7-11(15)9-13(12)16/h5,7-9,14,17H,2-4,6H2,1H3. The molecular weight excluding hydrogens is 342 g/mol. The van der Waals surface area contributed by atoms with Crippen molar-refractivity contribution in [1.29, 1.82) is 0 Å². The van der Waals surface area contributed by atoms with Crippen LogP contribution >= 0.6 is 31.9 Å². The zero-order valence-corrected chi connectivity index (χ0v) is 13.1. The van der Waals surface area contributed by atoms with Crippen LogP contribution in [-0.2, 0) is 0 Å². The van der Waals surface area contributed by atoms with Crippen LogP contribution in [0, 0.1) is 0 Å². The van der Waals surface area contributed by atoms with E-state index in [9.17, 15) is 0 Å². The SMILES string of the molecule is CCNC(C1=CCCC1)c1ccc(Br)cc1Br. The van der Waals surface area contributed by atoms with Crippen LogP contribution in [0.5, 0.6) is 0 Å². The monoisotopic (exact) mass is 357 g/mol. The van der Waals surface area contributed by atoms with Crippen molar-refractivity contribution >= 4 is 31.9 Å². The van der Waals surface area contributed by atoms with Crippen molar-refractivity contribution in [2.24, 2.45) is 0 Å². The molecule has 0 aliphatic heterocycles. The molecule has 0 saturated heterocycles. The molecule has 3 heteroatoms. The summed E-state index contributed by atoms with van der Waals surface area (Å²) in [5, 5.41) is 3.59. The lowest BCUT2D eigenvalue weighted by atomic mass is 9.98. The van der Waals surface area contributed by atoms with Gasteiger partial charge in [-0.2, -0.15) is 0 Å². The lowest BCUT2D eigenvalue weighted by molar-refractivity contribution is 0.603. The topological polar surface area (TPSA) is 12.0 Å². The molecule has 0 fully saturated rings. The highest BCUT2D eigenvalue weighted by Crippen LogP contribution is 2.35. The highest BCUT2D eigenvalue weighted by atomic mass is 79.9. The first-order chi connectivity index (χ1) is 8.22. The van der Waals surface area contributed by atoms with E-state index in [1.807, 2.05) is 0 Å². The third-order valence-electron chi connectivity index (χ3n) is 3.13. The zero-order chi connectivity index (χ0) is 12.3. The van der Waals surface area contributed by atoms with E-state index in [0.29, 0.717) is 6.04 Å². The van der Waals surface area contributed by atoms with Crippen molar-refractivity contribution in [3.8, 4) is 0 Å². The van der Waals surface area contributed by atoms with Gasteiger partial charge in [-0.3, -0.25) is 0 Å². The van der Waals surface area contributed by atoms with Crippen molar-refractivity contribution in [3.63, 3.8) is 0 Å². The van der Waals surface area contributed by atoms with E-state index in [4.69, 9.17) is 0 Å². The molecule has 1 atom stereocenters. The first-order valence-electron chi connectivity index (χ1n) is 6.09. The Morgan fingerprint density at radius 1 is 1.35 bits per heavy atom. The second kappa shape index (κ2) is 6.17. The average Bonchev–Trinajstić information content (AvgIpc) is 2.80. The van der Waals surface area contributed by atoms with Gasteiger partial charge in [0.1, 0.15) is 0 Å². The third kappa shape index (κ3) is 3.21. The molecule has 0 bridgehead atoms. The molecular formula is C14H17Br2N. The van der Waals surface area contributed by atoms with Gasteiger partial charge in [-0.05, 0) is 43.5 Å². The Bertz CT molecular complexity index is 426. The molecule has 1 aliphatic rings. The fraction of sp³-hybridized carbons (Fsp3) is 0.429. The molecule has 0 saturated carbocycles. The van der Waals surface area contributed by atoms with Gasteiger partial charge < -0.3 is 5.32 Å². The first-order valence-corrected chi connectivity index (χ1v) is 7.68. The van der Waals surface area contributed by atoms with Gasteiger partial charge in [0.05, 0.1) is 6.04 Å². The Hall–Kier alpha value is -0.120. The van der Waals surface area contributed by atoms with E-state index in [2.05, 4.69) is 68.4 Å². The van der Waals surface area contributed by atoms with E-state index < -0.39 is 0 Å². The second-order valence-corrected chi connectivity index (χ2v) is 6.10. The Morgan fingerprint density at radius 3 is 2.76 bits per heavy atom. The molecule has 1 N–H and O–H groups in total. The summed E-state index contributed by atoms with van der Waals surface area (Å²) in [7, 11) is 0. The minimum Gasteiger partial charge on any atom is -0.307 e. The largest absolute Gasteiger partial charge is 0.307 e. The summed E-state index contributed by atoms with van der Waals surface area (Å²) in [6.07, 6.45) is 6.14. The number of nitrogens with one attached hydrogen (secondary N) is 1. The highest BCUT2D eigenvalue weighted by molar-refractivity contribution is 9.11. The molecule has 0 amide bonds. The van der Waals surface area contributed by atoms with Crippen LogP contribution in [0.1, 0.15) is 37.8 Å². The predicted octanol–water partition coefficient (Wildman–Crippen LogP) is 4.97. The molecule has 0 heterocycles. The summed E-state index contributed by atoms with van der Waals surface area (Å²) in [6, 6.07) is 6.79. The molecule has 1 nitrogen and oxygen atoms in total. The van der Waals surface area contributed by atoms with Crippen LogP contribution in [0.25, 0.3) is 0 Å². The first kappa shape index (κ1) is 13.3. The van der Waals surface area contributed by atoms with Crippen molar-refractivity contribution in [2.45, 2.75) is 32.2 Å². The van der Waals surface area contributed by atoms with Gasteiger partial charge in [-0.1, -0.05) is 56.5 Å². The van der Waals surface area contributed by atoms with Gasteiger partial charge in [0.2, 0.25) is 0 Å². The van der Waals surface area contributed by atoms with Gasteiger partial charge >= 0.3 is 0 Å². The molecule has 1 aromatic carbocycles. The maximum absolute atomic E-state index is 3.67. The van der Waals surface area contributed by atoms with Crippen molar-refractivity contribution in [1.82, 2.24) is 5.32 Å². The molecule has 0 aromatic heterocycles. The fourth-order valence-corrected chi connectivity index (χ4v) is 3.61. The summed E-state index contributed by atoms with van der Waals surface area (Å²) < 4.78 is 2.29. The van der Waals surface area contributed by atoms with E-state index in [1.165, 1.54) is 34.9 Å². The van der Waals surface area contributed by atoms with Crippen LogP contribution < -0.4 is 5.32 Å². The van der Waals surface area contributed by atoms with Crippen molar-refractivity contribution < 1.29 is 0 Å². The molecule has 2 rings (SSSR count). The second-order valence-electron chi connectivity index (χ2n) is 4.33. The Morgan fingerprint density at radius 2 is 2.18 bits per heavy atom. The smallest absolute Gasteiger partial charge is 0.0547 e. The number of hydrogen-bond donors (Lipinski definition) is 1. The Kier molecular flexibility index (Phi) is 4.83. The minimum absolute atomic E-state index is 0.366. The number of hydrogen-bond acceptors (Lipinski definition) is 1. The number of benzene rings is 1. The minimum atomic E-state index is 0.366. The normalized spacial score (nSPS) is 17.0. The molecule has 1 aromatic rings. The lowest BCUT2D eigenvalue weighted by Crippen LogP contribution is -2.22. The Labute approximate surface area is 120 Å². The summed E-state index contributed by atoms with van der Waals surface area (Å²) in [6.45, 7) is 3.15. The predicted molar refractivity (Wildman–Crippen MR) is 80.2 cm³/mol. The fourth-order valence-electron chi connectivity index (χ4n) is 2.34. The molecule has 0 spiro atoms. The van der Waals surface area contributed by atoms with Gasteiger partial charge in [-0.25, -0.2) is 0 Å². The maximum atomic E-state index is 3.67. The van der Waals surface area contributed by atoms with Crippen LogP contribution in [-0.4, -0.2) is 6.54 Å². The van der Waals surface area contributed by atoms with E-state index >= 15 is 0 Å². The summed E-state index contributed by atoms with van der Waals surface area (Å²) in [4.78, 5) is 0. The zero-order valence-electron chi connectivity index (χ0n) is 9.97. The summed E-state index contributed by atoms with van der Waals surface area (Å²) in [5.41, 5.74) is 2.87. The van der Waals surface area contributed by atoms with Crippen LogP contribution in [0.4, 0.5) is 0 Å². The summed E-state index contributed by atoms with van der Waals surface area (Å²) in [5.74, 6) is 0. The number of halogens is 2. The van der Waals surface area contributed by atoms with E-state index in [-0.39, 0.29) is 0 Å². The number of rotatable bonds is 4. The van der Waals surface area contributed by atoms with Gasteiger partial charge in [-0.15, -0.1) is 0 Å². The van der Waals surface area contributed by atoms with Crippen molar-refractivity contribution in [3.05, 3.63) is 44.4 Å². The van der Waals surface area contributed by atoms with Gasteiger partial charge in [0, 0.05) is 8.95 Å². The quantitative estimate of drug-likeness (QED) is 0.749. The van der Waals surface area contributed by atoms with Crippen LogP contribution in [0.3, 0.4) is 0 Å². The number of allylic oxidation sites excluding steroid dienone is 1. The van der Waals surface area contributed by atoms with Crippen LogP contribution in [0.15, 0.2) is 38.8 Å². The average molecular weight is 359 g/mol. The van der Waals surface area contributed by atoms with Crippen LogP contribution in [0.2, 0.25) is 0 Å². The highest BCUT2D eigenvalue weighted by Gasteiger charge is 2.20. The molecule has 0 radical (unpaired) electrons. The maximum Gasteiger partial charge on any atom is 0.0547 e. The van der Waals surface area contributed by atoms with E-state index in [0.717, 1.165) is 11.0 Å². The van der Waals surface area contributed by atoms with Gasteiger partial charge in [0.25, 0.3) is 0 Å². The van der Waals surface area contributed by atoms with E-state index in [1.54, 1.807) is 0 Å². The van der Waals surface area contributed by atoms with Gasteiger partial charge in [0.15, 0.2) is 0 Å². The molecule has 1 unspecified atom stereocenters. The third-order valence-corrected chi connectivity index (χ3v) is 4.31. The molecule has 92 valence electrons. The lowest BCUT2D eigenvalue weighted by Gasteiger charge is -2.21. The molecule has 17 heavy (non-hydrogen) atoms. The summed E-state index contributed by atoms with van der Waals surface area (Å²) >= 11 is 7.17. The number of likely N-dealkylation sites (N-methyl/N-ethyl adjacent to an activating group) is 1. The van der Waals surface area contributed by atoms with Crippen molar-refractivity contribution in [2.75, 3.05) is 6.54 Å².